The van der Waals surface area contributed by atoms with Crippen LogP contribution in [-0.2, 0) is 13.1 Å². The van der Waals surface area contributed by atoms with Gasteiger partial charge < -0.3 is 10.1 Å². The molecule has 1 aromatic carbocycles. The number of aromatic nitrogens is 2. The van der Waals surface area contributed by atoms with Crippen molar-refractivity contribution in [1.29, 1.82) is 0 Å². The van der Waals surface area contributed by atoms with Crippen LogP contribution < -0.4 is 10.1 Å². The predicted molar refractivity (Wildman–Crippen MR) is 93.5 cm³/mol. The molecule has 0 aliphatic rings. The first-order valence-electron chi connectivity index (χ1n) is 7.63. The Bertz CT molecular complexity index is 743. The molecule has 0 atom stereocenters. The van der Waals surface area contributed by atoms with E-state index in [1.54, 1.807) is 17.5 Å². The number of hydrogen-bond acceptors (Lipinski definition) is 5. The molecule has 0 aliphatic heterocycles. The number of para-hydroxylation sites is 1. The number of thiazole rings is 1. The fourth-order valence-corrected chi connectivity index (χ4v) is 3.20. The van der Waals surface area contributed by atoms with Crippen LogP contribution in [-0.4, -0.2) is 16.6 Å². The smallest absolute Gasteiger partial charge is 0.127 e. The third-order valence-corrected chi connectivity index (χ3v) is 4.36. The zero-order valence-corrected chi connectivity index (χ0v) is 13.8. The highest BCUT2D eigenvalue weighted by atomic mass is 32.1. The number of ether oxygens (including phenoxy) is 1. The Labute approximate surface area is 140 Å². The molecule has 3 aromatic rings. The molecule has 0 aliphatic carbocycles. The lowest BCUT2D eigenvalue weighted by atomic mass is 10.2. The van der Waals surface area contributed by atoms with E-state index in [2.05, 4.69) is 27.4 Å². The van der Waals surface area contributed by atoms with E-state index in [9.17, 15) is 0 Å². The van der Waals surface area contributed by atoms with Crippen molar-refractivity contribution in [3.63, 3.8) is 0 Å². The first-order chi connectivity index (χ1) is 11.4. The van der Waals surface area contributed by atoms with Gasteiger partial charge in [-0.05, 0) is 30.7 Å². The maximum Gasteiger partial charge on any atom is 0.127 e. The summed E-state index contributed by atoms with van der Waals surface area (Å²) in [5.74, 6) is 0.911. The normalized spacial score (nSPS) is 10.7. The van der Waals surface area contributed by atoms with Crippen molar-refractivity contribution < 1.29 is 4.74 Å². The van der Waals surface area contributed by atoms with Crippen LogP contribution in [0.1, 0.15) is 17.5 Å². The summed E-state index contributed by atoms with van der Waals surface area (Å²) >= 11 is 1.69. The highest BCUT2D eigenvalue weighted by Gasteiger charge is 2.09. The van der Waals surface area contributed by atoms with Crippen LogP contribution in [0.25, 0.3) is 10.4 Å². The summed E-state index contributed by atoms with van der Waals surface area (Å²) in [7, 11) is 0. The maximum atomic E-state index is 5.70. The minimum absolute atomic E-state index is 0.662. The Hall–Kier alpha value is -2.24. The van der Waals surface area contributed by atoms with E-state index in [0.717, 1.165) is 34.3 Å². The molecular weight excluding hydrogens is 306 g/mol. The Morgan fingerprint density at radius 1 is 1.09 bits per heavy atom. The molecule has 5 heteroatoms. The molecule has 0 saturated heterocycles. The number of nitrogens with one attached hydrogen (secondary N) is 1. The van der Waals surface area contributed by atoms with Gasteiger partial charge >= 0.3 is 0 Å². The van der Waals surface area contributed by atoms with Crippen molar-refractivity contribution in [2.45, 2.75) is 20.0 Å². The molecule has 2 heterocycles. The summed E-state index contributed by atoms with van der Waals surface area (Å²) in [4.78, 5) is 9.76. The zero-order valence-electron chi connectivity index (χ0n) is 13.0. The van der Waals surface area contributed by atoms with Crippen molar-refractivity contribution in [1.82, 2.24) is 15.3 Å². The van der Waals surface area contributed by atoms with E-state index in [4.69, 9.17) is 4.74 Å². The van der Waals surface area contributed by atoms with E-state index in [1.165, 1.54) is 5.56 Å². The molecular formula is C18H19N3OS. The van der Waals surface area contributed by atoms with Crippen LogP contribution in [0, 0.1) is 0 Å². The highest BCUT2D eigenvalue weighted by molar-refractivity contribution is 7.15. The van der Waals surface area contributed by atoms with Gasteiger partial charge in [0.2, 0.25) is 0 Å². The number of nitrogens with zero attached hydrogens (tertiary/aromatic N) is 2. The molecule has 3 rings (SSSR count). The summed E-state index contributed by atoms with van der Waals surface area (Å²) < 4.78 is 5.70. The molecule has 0 saturated carbocycles. The Morgan fingerprint density at radius 3 is 2.83 bits per heavy atom. The molecule has 0 amide bonds. The van der Waals surface area contributed by atoms with Gasteiger partial charge in [0.1, 0.15) is 10.8 Å². The minimum Gasteiger partial charge on any atom is -0.493 e. The van der Waals surface area contributed by atoms with Crippen LogP contribution in [0.3, 0.4) is 0 Å². The Balaban J connectivity index is 1.64. The first kappa shape index (κ1) is 15.6. The molecule has 0 spiro atoms. The molecule has 2 aromatic heterocycles. The second-order valence-electron chi connectivity index (χ2n) is 5.01. The van der Waals surface area contributed by atoms with Gasteiger partial charge in [0, 0.05) is 37.2 Å². The summed E-state index contributed by atoms with van der Waals surface area (Å²) in [5, 5.41) is 4.46. The lowest BCUT2D eigenvalue weighted by molar-refractivity contribution is 0.341. The van der Waals surface area contributed by atoms with E-state index in [-0.39, 0.29) is 0 Å². The topological polar surface area (TPSA) is 47.0 Å². The van der Waals surface area contributed by atoms with E-state index >= 15 is 0 Å². The van der Waals surface area contributed by atoms with Gasteiger partial charge in [0.05, 0.1) is 11.5 Å². The van der Waals surface area contributed by atoms with E-state index in [0.29, 0.717) is 6.61 Å². The van der Waals surface area contributed by atoms with Crippen LogP contribution in [0.5, 0.6) is 5.75 Å². The molecule has 0 radical (unpaired) electrons. The van der Waals surface area contributed by atoms with E-state index in [1.807, 2.05) is 43.6 Å². The molecule has 118 valence electrons. The van der Waals surface area contributed by atoms with Gasteiger partial charge in [-0.2, -0.15) is 0 Å². The van der Waals surface area contributed by atoms with E-state index < -0.39 is 0 Å². The van der Waals surface area contributed by atoms with Crippen molar-refractivity contribution >= 4 is 11.3 Å². The van der Waals surface area contributed by atoms with Crippen LogP contribution in [0.2, 0.25) is 0 Å². The Kier molecular flexibility index (Phi) is 5.34. The third kappa shape index (κ3) is 4.15. The largest absolute Gasteiger partial charge is 0.493 e. The van der Waals surface area contributed by atoms with Crippen LogP contribution >= 0.6 is 11.3 Å². The van der Waals surface area contributed by atoms with Crippen LogP contribution in [0.4, 0.5) is 0 Å². The van der Waals surface area contributed by atoms with Crippen molar-refractivity contribution in [2.75, 3.05) is 6.61 Å². The summed E-state index contributed by atoms with van der Waals surface area (Å²) in [6.45, 7) is 4.20. The molecule has 4 nitrogen and oxygen atoms in total. The number of rotatable bonds is 7. The molecule has 0 fully saturated rings. The standard InChI is InChI=1S/C18H19N3OS/c1-2-22-16-8-4-3-7-15(16)17-12-21-18(23-17)13-20-11-14-6-5-9-19-10-14/h3-10,12,20H,2,11,13H2,1H3. The predicted octanol–water partition coefficient (Wildman–Crippen LogP) is 3.89. The Morgan fingerprint density at radius 2 is 2.00 bits per heavy atom. The second kappa shape index (κ2) is 7.85. The number of benzene rings is 1. The number of pyridine rings is 1. The van der Waals surface area contributed by atoms with Gasteiger partial charge in [0.15, 0.2) is 0 Å². The monoisotopic (exact) mass is 325 g/mol. The summed E-state index contributed by atoms with van der Waals surface area (Å²) in [6.07, 6.45) is 5.58. The average Bonchev–Trinajstić information content (AvgIpc) is 3.05. The molecule has 0 unspecified atom stereocenters. The average molecular weight is 325 g/mol. The fraction of sp³-hybridized carbons (Fsp3) is 0.222. The lowest BCUT2D eigenvalue weighted by Gasteiger charge is -2.07. The molecule has 0 bridgehead atoms. The maximum absolute atomic E-state index is 5.70. The van der Waals surface area contributed by atoms with Gasteiger partial charge in [-0.25, -0.2) is 4.98 Å². The summed E-state index contributed by atoms with van der Waals surface area (Å²) in [6, 6.07) is 12.1. The van der Waals surface area contributed by atoms with Crippen molar-refractivity contribution in [3.05, 3.63) is 65.6 Å². The first-order valence-corrected chi connectivity index (χ1v) is 8.45. The van der Waals surface area contributed by atoms with Gasteiger partial charge in [-0.1, -0.05) is 18.2 Å². The summed E-state index contributed by atoms with van der Waals surface area (Å²) in [5.41, 5.74) is 2.27. The third-order valence-electron chi connectivity index (χ3n) is 3.33. The fourth-order valence-electron chi connectivity index (χ4n) is 2.28. The zero-order chi connectivity index (χ0) is 15.9. The minimum atomic E-state index is 0.662. The molecule has 1 N–H and O–H groups in total. The number of hydrogen-bond donors (Lipinski definition) is 1. The lowest BCUT2D eigenvalue weighted by Crippen LogP contribution is -2.12. The van der Waals surface area contributed by atoms with Gasteiger partial charge in [-0.3, -0.25) is 4.98 Å². The second-order valence-corrected chi connectivity index (χ2v) is 6.13. The molecule has 23 heavy (non-hydrogen) atoms. The highest BCUT2D eigenvalue weighted by Crippen LogP contribution is 2.33. The SMILES string of the molecule is CCOc1ccccc1-c1cnc(CNCc2cccnc2)s1. The van der Waals surface area contributed by atoms with Gasteiger partial charge in [0.25, 0.3) is 0 Å². The van der Waals surface area contributed by atoms with Crippen molar-refractivity contribution in [3.8, 4) is 16.2 Å². The van der Waals surface area contributed by atoms with Crippen molar-refractivity contribution in [2.24, 2.45) is 0 Å². The quantitative estimate of drug-likeness (QED) is 0.716. The van der Waals surface area contributed by atoms with Crippen LogP contribution in [0.15, 0.2) is 55.0 Å². The van der Waals surface area contributed by atoms with Gasteiger partial charge in [-0.15, -0.1) is 11.3 Å².